The van der Waals surface area contributed by atoms with Gasteiger partial charge in [0.15, 0.2) is 5.75 Å². The second-order valence-electron chi connectivity index (χ2n) is 5.80. The zero-order valence-electron chi connectivity index (χ0n) is 14.5. The summed E-state index contributed by atoms with van der Waals surface area (Å²) in [5.74, 6) is 0.232. The van der Waals surface area contributed by atoms with Crippen LogP contribution in [-0.4, -0.2) is 42.0 Å². The largest absolute Gasteiger partial charge is 0.487 e. The Morgan fingerprint density at radius 3 is 2.54 bits per heavy atom. The zero-order chi connectivity index (χ0) is 17.6. The van der Waals surface area contributed by atoms with Crippen LogP contribution >= 0.6 is 12.4 Å². The van der Waals surface area contributed by atoms with E-state index in [0.717, 1.165) is 0 Å². The molecule has 0 fully saturated rings. The van der Waals surface area contributed by atoms with Gasteiger partial charge in [0.25, 0.3) is 5.91 Å². The second-order valence-corrected chi connectivity index (χ2v) is 5.80. The molecule has 0 bridgehead atoms. The summed E-state index contributed by atoms with van der Waals surface area (Å²) in [5.41, 5.74) is 6.04. The van der Waals surface area contributed by atoms with Gasteiger partial charge in [0.1, 0.15) is 0 Å². The number of nitrogens with two attached hydrogens (primary N) is 1. The number of hydrogen-bond donors (Lipinski definition) is 1. The van der Waals surface area contributed by atoms with E-state index in [0.29, 0.717) is 25.5 Å². The maximum Gasteiger partial charge on any atom is 0.311 e. The van der Waals surface area contributed by atoms with Crippen LogP contribution < -0.4 is 10.5 Å². The molecule has 2 N–H and O–H groups in total. The molecule has 0 heterocycles. The molecular weight excluding hydrogens is 334 g/mol. The van der Waals surface area contributed by atoms with Crippen molar-refractivity contribution in [2.45, 2.75) is 33.2 Å². The van der Waals surface area contributed by atoms with Gasteiger partial charge in [-0.2, -0.15) is 0 Å². The molecule has 1 amide bonds. The topological polar surface area (TPSA) is 98.7 Å². The molecule has 1 rings (SSSR count). The Morgan fingerprint density at radius 1 is 1.42 bits per heavy atom. The number of benzene rings is 1. The van der Waals surface area contributed by atoms with Crippen LogP contribution in [-0.2, 0) is 0 Å². The van der Waals surface area contributed by atoms with E-state index in [-0.39, 0.29) is 41.4 Å². The first-order chi connectivity index (χ1) is 10.8. The molecule has 0 saturated carbocycles. The highest BCUT2D eigenvalue weighted by Crippen LogP contribution is 2.28. The van der Waals surface area contributed by atoms with E-state index in [9.17, 15) is 14.9 Å². The molecule has 1 aromatic rings. The van der Waals surface area contributed by atoms with Gasteiger partial charge in [-0.15, -0.1) is 12.4 Å². The maximum absolute atomic E-state index is 12.4. The van der Waals surface area contributed by atoms with E-state index in [1.165, 1.54) is 17.0 Å². The van der Waals surface area contributed by atoms with Crippen LogP contribution in [0, 0.1) is 16.0 Å². The first kappa shape index (κ1) is 22.1. The molecule has 0 radical (unpaired) electrons. The lowest BCUT2D eigenvalue weighted by Crippen LogP contribution is -2.34. The fraction of sp³-hybridized carbons (Fsp3) is 0.562. The maximum atomic E-state index is 12.4. The molecule has 0 aliphatic carbocycles. The fourth-order valence-corrected chi connectivity index (χ4v) is 2.07. The molecule has 0 aliphatic rings. The van der Waals surface area contributed by atoms with E-state index in [1.54, 1.807) is 20.0 Å². The SMILES string of the molecule is CCOc1ccc(C(=O)N(C)CCC(N)C(C)C)cc1[N+](=O)[O-].Cl. The second kappa shape index (κ2) is 10.1. The number of carbonyl (C=O) groups excluding carboxylic acids is 1. The Labute approximate surface area is 148 Å². The Hall–Kier alpha value is -1.86. The molecule has 7 nitrogen and oxygen atoms in total. The monoisotopic (exact) mass is 359 g/mol. The molecule has 8 heteroatoms. The standard InChI is InChI=1S/C16H25N3O4.ClH/c1-5-23-15-7-6-12(10-14(15)19(21)22)16(20)18(4)9-8-13(17)11(2)3;/h6-7,10-11,13H,5,8-9,17H2,1-4H3;1H. The summed E-state index contributed by atoms with van der Waals surface area (Å²) in [6, 6.07) is 4.27. The van der Waals surface area contributed by atoms with Crippen molar-refractivity contribution in [3.05, 3.63) is 33.9 Å². The average Bonchev–Trinajstić information content (AvgIpc) is 2.51. The molecule has 1 unspecified atom stereocenters. The highest BCUT2D eigenvalue weighted by molar-refractivity contribution is 5.95. The van der Waals surface area contributed by atoms with Crippen molar-refractivity contribution in [2.75, 3.05) is 20.2 Å². The number of hydrogen-bond acceptors (Lipinski definition) is 5. The lowest BCUT2D eigenvalue weighted by Gasteiger charge is -2.21. The molecule has 0 spiro atoms. The molecule has 24 heavy (non-hydrogen) atoms. The lowest BCUT2D eigenvalue weighted by atomic mass is 10.0. The number of amides is 1. The van der Waals surface area contributed by atoms with Gasteiger partial charge < -0.3 is 15.4 Å². The predicted octanol–water partition coefficient (Wildman–Crippen LogP) is 2.86. The van der Waals surface area contributed by atoms with Gasteiger partial charge in [0.2, 0.25) is 0 Å². The average molecular weight is 360 g/mol. The molecule has 0 aliphatic heterocycles. The van der Waals surface area contributed by atoms with Crippen molar-refractivity contribution in [3.63, 3.8) is 0 Å². The fourth-order valence-electron chi connectivity index (χ4n) is 2.07. The van der Waals surface area contributed by atoms with Gasteiger partial charge in [0, 0.05) is 31.3 Å². The predicted molar refractivity (Wildman–Crippen MR) is 95.9 cm³/mol. The van der Waals surface area contributed by atoms with Crippen LogP contribution in [0.1, 0.15) is 37.6 Å². The molecule has 0 aromatic heterocycles. The molecule has 1 atom stereocenters. The number of halogens is 1. The van der Waals surface area contributed by atoms with Crippen molar-refractivity contribution >= 4 is 24.0 Å². The van der Waals surface area contributed by atoms with E-state index in [1.807, 2.05) is 13.8 Å². The smallest absolute Gasteiger partial charge is 0.311 e. The normalized spacial score (nSPS) is 11.6. The summed E-state index contributed by atoms with van der Waals surface area (Å²) in [4.78, 5) is 24.5. The summed E-state index contributed by atoms with van der Waals surface area (Å²) in [5, 5.41) is 11.1. The van der Waals surface area contributed by atoms with Gasteiger partial charge in [-0.1, -0.05) is 13.8 Å². The van der Waals surface area contributed by atoms with Crippen molar-refractivity contribution in [1.82, 2.24) is 4.90 Å². The molecular formula is C16H26ClN3O4. The lowest BCUT2D eigenvalue weighted by molar-refractivity contribution is -0.385. The quantitative estimate of drug-likeness (QED) is 0.568. The molecule has 0 saturated heterocycles. The Morgan fingerprint density at radius 2 is 2.04 bits per heavy atom. The summed E-state index contributed by atoms with van der Waals surface area (Å²) < 4.78 is 5.22. The van der Waals surface area contributed by atoms with Gasteiger partial charge in [-0.25, -0.2) is 0 Å². The third-order valence-electron chi connectivity index (χ3n) is 3.70. The van der Waals surface area contributed by atoms with Crippen molar-refractivity contribution in [1.29, 1.82) is 0 Å². The van der Waals surface area contributed by atoms with Crippen molar-refractivity contribution in [2.24, 2.45) is 11.7 Å². The minimum atomic E-state index is -0.545. The number of ether oxygens (including phenoxy) is 1. The van der Waals surface area contributed by atoms with Crippen LogP contribution in [0.25, 0.3) is 0 Å². The van der Waals surface area contributed by atoms with Crippen LogP contribution in [0.5, 0.6) is 5.75 Å². The highest BCUT2D eigenvalue weighted by Gasteiger charge is 2.21. The first-order valence-corrected chi connectivity index (χ1v) is 7.70. The number of nitro benzene ring substituents is 1. The van der Waals surface area contributed by atoms with Crippen LogP contribution in [0.15, 0.2) is 18.2 Å². The minimum Gasteiger partial charge on any atom is -0.487 e. The third-order valence-corrected chi connectivity index (χ3v) is 3.70. The molecule has 1 aromatic carbocycles. The third kappa shape index (κ3) is 5.98. The van der Waals surface area contributed by atoms with Gasteiger partial charge in [-0.05, 0) is 31.4 Å². The zero-order valence-corrected chi connectivity index (χ0v) is 15.3. The van der Waals surface area contributed by atoms with Crippen LogP contribution in [0.3, 0.4) is 0 Å². The van der Waals surface area contributed by atoms with Crippen molar-refractivity contribution < 1.29 is 14.5 Å². The number of nitrogens with zero attached hydrogens (tertiary/aromatic N) is 2. The van der Waals surface area contributed by atoms with E-state index < -0.39 is 4.92 Å². The number of rotatable bonds is 8. The van der Waals surface area contributed by atoms with Gasteiger partial charge in [-0.3, -0.25) is 14.9 Å². The van der Waals surface area contributed by atoms with Gasteiger partial charge in [0.05, 0.1) is 11.5 Å². The van der Waals surface area contributed by atoms with Crippen molar-refractivity contribution in [3.8, 4) is 5.75 Å². The first-order valence-electron chi connectivity index (χ1n) is 7.70. The summed E-state index contributed by atoms with van der Waals surface area (Å²) >= 11 is 0. The Balaban J connectivity index is 0.00000529. The summed E-state index contributed by atoms with van der Waals surface area (Å²) in [6.45, 7) is 6.62. The van der Waals surface area contributed by atoms with Crippen LogP contribution in [0.2, 0.25) is 0 Å². The number of nitro groups is 1. The van der Waals surface area contributed by atoms with E-state index in [2.05, 4.69) is 0 Å². The minimum absolute atomic E-state index is 0. The highest BCUT2D eigenvalue weighted by atomic mass is 35.5. The Kier molecular flexibility index (Phi) is 9.32. The van der Waals surface area contributed by atoms with Crippen LogP contribution in [0.4, 0.5) is 5.69 Å². The summed E-state index contributed by atoms with van der Waals surface area (Å²) in [7, 11) is 1.66. The van der Waals surface area contributed by atoms with E-state index in [4.69, 9.17) is 10.5 Å². The Bertz CT molecular complexity index is 566. The number of carbonyl (C=O) groups is 1. The van der Waals surface area contributed by atoms with E-state index >= 15 is 0 Å². The summed E-state index contributed by atoms with van der Waals surface area (Å²) in [6.07, 6.45) is 0.680. The van der Waals surface area contributed by atoms with Gasteiger partial charge >= 0.3 is 5.69 Å². The molecule has 136 valence electrons.